The van der Waals surface area contributed by atoms with Gasteiger partial charge in [-0.1, -0.05) is 12.1 Å². The lowest BCUT2D eigenvalue weighted by Gasteiger charge is -2.12. The fourth-order valence-corrected chi connectivity index (χ4v) is 4.79. The zero-order chi connectivity index (χ0) is 28.4. The molecule has 1 unspecified atom stereocenters. The highest BCUT2D eigenvalue weighted by Gasteiger charge is 2.21. The summed E-state index contributed by atoms with van der Waals surface area (Å²) in [7, 11) is 0. The molecule has 10 nitrogen and oxygen atoms in total. The number of nitrogen functional groups attached to an aromatic ring is 1. The van der Waals surface area contributed by atoms with Gasteiger partial charge in [-0.25, -0.2) is 22.4 Å². The van der Waals surface area contributed by atoms with Crippen LogP contribution >= 0.6 is 0 Å². The third kappa shape index (κ3) is 5.43. The number of benzene rings is 3. The minimum absolute atomic E-state index is 0.0534. The number of H-pyrrole nitrogens is 1. The SMILES string of the molecule is Cc1cc(Oc2ccccc2F)ccc1-n1ncc(C(=O)c2cc3cc(F)c(NS(=O)NCCO)cc3[nH]2)c1N. The minimum Gasteiger partial charge on any atom is -0.454 e. The van der Waals surface area contributed by atoms with Crippen molar-refractivity contribution in [3.05, 3.63) is 95.3 Å². The molecular weight excluding hydrogens is 542 g/mol. The van der Waals surface area contributed by atoms with Crippen molar-refractivity contribution in [1.29, 1.82) is 0 Å². The quantitative estimate of drug-likeness (QED) is 0.161. The Morgan fingerprint density at radius 1 is 1.15 bits per heavy atom. The number of aromatic nitrogens is 3. The average molecular weight is 567 g/mol. The van der Waals surface area contributed by atoms with E-state index in [1.54, 1.807) is 37.3 Å². The molecule has 0 aliphatic carbocycles. The summed E-state index contributed by atoms with van der Waals surface area (Å²) in [6.07, 6.45) is 1.34. The first kappa shape index (κ1) is 27.0. The van der Waals surface area contributed by atoms with Crippen molar-refractivity contribution in [2.45, 2.75) is 6.92 Å². The molecule has 6 N–H and O–H groups in total. The lowest BCUT2D eigenvalue weighted by Crippen LogP contribution is -2.26. The second-order valence-electron chi connectivity index (χ2n) is 8.76. The van der Waals surface area contributed by atoms with E-state index in [4.69, 9.17) is 15.6 Å². The van der Waals surface area contributed by atoms with Crippen LogP contribution in [0.4, 0.5) is 20.3 Å². The zero-order valence-electron chi connectivity index (χ0n) is 21.1. The maximum Gasteiger partial charge on any atom is 0.214 e. The van der Waals surface area contributed by atoms with E-state index in [1.165, 1.54) is 41.2 Å². The number of ether oxygens (including phenoxy) is 1. The standard InChI is InChI=1S/C27H24F2N6O4S/c1-15-10-17(39-25-5-3-2-4-19(25)28)6-7-24(15)35-27(30)18(14-31-35)26(37)23-12-16-11-20(29)22(13-21(16)33-23)34-40(38)32-8-9-36/h2-7,10-14,32-34,36H,8-9,30H2,1H3. The molecule has 0 aliphatic heterocycles. The number of carbonyl (C=O) groups is 1. The number of para-hydroxylation sites is 1. The number of aliphatic hydroxyl groups excluding tert-OH is 1. The number of fused-ring (bicyclic) bond motifs is 1. The van der Waals surface area contributed by atoms with Gasteiger partial charge in [0.1, 0.15) is 17.4 Å². The van der Waals surface area contributed by atoms with Gasteiger partial charge in [0.15, 0.2) is 22.7 Å². The van der Waals surface area contributed by atoms with E-state index in [9.17, 15) is 17.8 Å². The Morgan fingerprint density at radius 3 is 2.70 bits per heavy atom. The molecule has 0 spiro atoms. The van der Waals surface area contributed by atoms with Crippen molar-refractivity contribution in [3.63, 3.8) is 0 Å². The number of nitrogens with two attached hydrogens (primary N) is 1. The fraction of sp³-hybridized carbons (Fsp3) is 0.111. The van der Waals surface area contributed by atoms with E-state index in [1.807, 2.05) is 0 Å². The summed E-state index contributed by atoms with van der Waals surface area (Å²) in [5, 5.41) is 13.5. The van der Waals surface area contributed by atoms with Gasteiger partial charge < -0.3 is 20.6 Å². The number of rotatable bonds is 10. The summed E-state index contributed by atoms with van der Waals surface area (Å²) in [6, 6.07) is 15.2. The van der Waals surface area contributed by atoms with Gasteiger partial charge in [-0.2, -0.15) is 5.10 Å². The lowest BCUT2D eigenvalue weighted by atomic mass is 10.1. The van der Waals surface area contributed by atoms with Gasteiger partial charge in [0.05, 0.1) is 35.4 Å². The average Bonchev–Trinajstić information content (AvgIpc) is 3.51. The molecule has 2 aromatic heterocycles. The molecule has 0 saturated carbocycles. The van der Waals surface area contributed by atoms with Crippen molar-refractivity contribution in [2.75, 3.05) is 23.6 Å². The largest absolute Gasteiger partial charge is 0.454 e. The monoisotopic (exact) mass is 566 g/mol. The number of aliphatic hydroxyl groups is 1. The highest BCUT2D eigenvalue weighted by molar-refractivity contribution is 7.84. The van der Waals surface area contributed by atoms with Gasteiger partial charge in [-0.05, 0) is 61.0 Å². The van der Waals surface area contributed by atoms with Crippen molar-refractivity contribution in [1.82, 2.24) is 19.5 Å². The zero-order valence-corrected chi connectivity index (χ0v) is 21.9. The van der Waals surface area contributed by atoms with Gasteiger partial charge in [0.2, 0.25) is 5.78 Å². The van der Waals surface area contributed by atoms with Crippen molar-refractivity contribution >= 4 is 39.4 Å². The molecule has 40 heavy (non-hydrogen) atoms. The van der Waals surface area contributed by atoms with E-state index in [-0.39, 0.29) is 41.7 Å². The number of anilines is 2. The van der Waals surface area contributed by atoms with Crippen LogP contribution in [0.5, 0.6) is 11.5 Å². The summed E-state index contributed by atoms with van der Waals surface area (Å²) in [5.41, 5.74) is 8.29. The maximum absolute atomic E-state index is 14.6. The van der Waals surface area contributed by atoms with Crippen LogP contribution in [0.25, 0.3) is 16.6 Å². The number of carbonyl (C=O) groups excluding carboxylic acids is 1. The van der Waals surface area contributed by atoms with E-state index in [0.717, 1.165) is 5.56 Å². The fourth-order valence-electron chi connectivity index (χ4n) is 4.08. The summed E-state index contributed by atoms with van der Waals surface area (Å²) in [6.45, 7) is 1.63. The van der Waals surface area contributed by atoms with Crippen molar-refractivity contribution in [3.8, 4) is 17.2 Å². The molecule has 0 amide bonds. The molecule has 0 fully saturated rings. The van der Waals surface area contributed by atoms with Gasteiger partial charge >= 0.3 is 0 Å². The van der Waals surface area contributed by atoms with Gasteiger partial charge in [-0.15, -0.1) is 0 Å². The molecule has 3 aromatic carbocycles. The Bertz CT molecular complexity index is 1750. The molecule has 5 rings (SSSR count). The first-order valence-electron chi connectivity index (χ1n) is 12.0. The number of hydrogen-bond acceptors (Lipinski definition) is 6. The molecule has 0 bridgehead atoms. The van der Waals surface area contributed by atoms with Gasteiger partial charge in [-0.3, -0.25) is 9.52 Å². The summed E-state index contributed by atoms with van der Waals surface area (Å²) in [4.78, 5) is 16.3. The van der Waals surface area contributed by atoms with Crippen LogP contribution in [0, 0.1) is 18.6 Å². The van der Waals surface area contributed by atoms with Gasteiger partial charge in [0.25, 0.3) is 0 Å². The summed E-state index contributed by atoms with van der Waals surface area (Å²) >= 11 is -1.82. The van der Waals surface area contributed by atoms with Crippen LogP contribution < -0.4 is 19.9 Å². The van der Waals surface area contributed by atoms with Crippen LogP contribution in [-0.2, 0) is 11.2 Å². The van der Waals surface area contributed by atoms with Crippen LogP contribution in [0.3, 0.4) is 0 Å². The number of halogens is 2. The number of nitrogens with one attached hydrogen (secondary N) is 3. The number of ketones is 1. The van der Waals surface area contributed by atoms with Crippen LogP contribution in [-0.4, -0.2) is 43.0 Å². The topological polar surface area (TPSA) is 147 Å². The van der Waals surface area contributed by atoms with E-state index in [2.05, 4.69) is 19.5 Å². The second kappa shape index (κ2) is 11.3. The Balaban J connectivity index is 1.38. The molecule has 5 aromatic rings. The highest BCUT2D eigenvalue weighted by atomic mass is 32.2. The normalized spacial score (nSPS) is 12.0. The summed E-state index contributed by atoms with van der Waals surface area (Å²) in [5.74, 6) is -1.01. The van der Waals surface area contributed by atoms with Crippen molar-refractivity contribution < 1.29 is 27.6 Å². The molecule has 13 heteroatoms. The lowest BCUT2D eigenvalue weighted by molar-refractivity contribution is 0.103. The van der Waals surface area contributed by atoms with Crippen LogP contribution in [0.2, 0.25) is 0 Å². The molecule has 2 heterocycles. The molecule has 0 radical (unpaired) electrons. The van der Waals surface area contributed by atoms with E-state index >= 15 is 0 Å². The smallest absolute Gasteiger partial charge is 0.214 e. The number of nitrogens with zero attached hydrogens (tertiary/aromatic N) is 2. The number of hydrogen-bond donors (Lipinski definition) is 5. The van der Waals surface area contributed by atoms with Gasteiger partial charge in [0, 0.05) is 17.4 Å². The van der Waals surface area contributed by atoms with Crippen LogP contribution in [0.1, 0.15) is 21.6 Å². The Hall–Kier alpha value is -4.59. The third-order valence-corrected chi connectivity index (χ3v) is 6.88. The number of aryl methyl sites for hydroxylation is 1. The van der Waals surface area contributed by atoms with Crippen molar-refractivity contribution in [2.24, 2.45) is 0 Å². The molecule has 206 valence electrons. The molecule has 0 saturated heterocycles. The molecule has 1 atom stereocenters. The predicted molar refractivity (Wildman–Crippen MR) is 148 cm³/mol. The van der Waals surface area contributed by atoms with E-state index in [0.29, 0.717) is 22.3 Å². The third-order valence-electron chi connectivity index (χ3n) is 6.01. The molecular formula is C27H24F2N6O4S. The Kier molecular flexibility index (Phi) is 7.60. The first-order valence-corrected chi connectivity index (χ1v) is 13.2. The molecule has 0 aliphatic rings. The second-order valence-corrected chi connectivity index (χ2v) is 9.79. The first-order chi connectivity index (χ1) is 19.2. The predicted octanol–water partition coefficient (Wildman–Crippen LogP) is 4.12. The van der Waals surface area contributed by atoms with Crippen LogP contribution in [0.15, 0.2) is 66.9 Å². The van der Waals surface area contributed by atoms with E-state index < -0.39 is 28.6 Å². The number of aromatic amines is 1. The maximum atomic E-state index is 14.6. The summed E-state index contributed by atoms with van der Waals surface area (Å²) < 4.78 is 52.5. The highest BCUT2D eigenvalue weighted by Crippen LogP contribution is 2.30. The minimum atomic E-state index is -1.82. The Morgan fingerprint density at radius 2 is 1.95 bits per heavy atom. The Labute approximate surface area is 229 Å².